The van der Waals surface area contributed by atoms with E-state index in [1.807, 2.05) is 24.3 Å². The fourth-order valence-corrected chi connectivity index (χ4v) is 2.15. The van der Waals surface area contributed by atoms with E-state index in [0.29, 0.717) is 18.1 Å². The van der Waals surface area contributed by atoms with E-state index in [2.05, 4.69) is 17.2 Å². The summed E-state index contributed by atoms with van der Waals surface area (Å²) >= 11 is 0. The van der Waals surface area contributed by atoms with Gasteiger partial charge in [-0.2, -0.15) is 0 Å². The molecule has 0 radical (unpaired) electrons. The predicted molar refractivity (Wildman–Crippen MR) is 108 cm³/mol. The van der Waals surface area contributed by atoms with Crippen LogP contribution in [0.3, 0.4) is 0 Å². The summed E-state index contributed by atoms with van der Waals surface area (Å²) in [6.07, 6.45) is 2.42. The number of anilines is 1. The molecule has 26 heavy (non-hydrogen) atoms. The summed E-state index contributed by atoms with van der Waals surface area (Å²) in [5.41, 5.74) is 7.30. The summed E-state index contributed by atoms with van der Waals surface area (Å²) in [7, 11) is 1.53. The van der Waals surface area contributed by atoms with E-state index >= 15 is 0 Å². The van der Waals surface area contributed by atoms with Gasteiger partial charge in [0.2, 0.25) is 11.8 Å². The molecule has 0 bridgehead atoms. The van der Waals surface area contributed by atoms with Crippen LogP contribution in [0.5, 0.6) is 11.6 Å². The number of ether oxygens (including phenoxy) is 2. The third-order valence-electron chi connectivity index (χ3n) is 3.56. The number of pyridine rings is 1. The Hall–Kier alpha value is -1.86. The molecule has 1 aromatic carbocycles. The molecule has 8 heteroatoms. The van der Waals surface area contributed by atoms with Gasteiger partial charge >= 0.3 is 0 Å². The lowest BCUT2D eigenvalue weighted by Crippen LogP contribution is -2.28. The van der Waals surface area contributed by atoms with Gasteiger partial charge in [0.25, 0.3) is 0 Å². The second-order valence-corrected chi connectivity index (χ2v) is 5.33. The monoisotopic (exact) mass is 401 g/mol. The van der Waals surface area contributed by atoms with Crippen molar-refractivity contribution in [1.82, 2.24) is 4.98 Å². The molecule has 144 valence electrons. The molecule has 0 aliphatic carbocycles. The van der Waals surface area contributed by atoms with Crippen molar-refractivity contribution in [2.75, 3.05) is 19.0 Å². The number of halogens is 2. The molecule has 6 nitrogen and oxygen atoms in total. The van der Waals surface area contributed by atoms with E-state index in [-0.39, 0.29) is 43.2 Å². The zero-order valence-electron chi connectivity index (χ0n) is 14.8. The number of aromatic nitrogens is 1. The first kappa shape index (κ1) is 24.1. The highest BCUT2D eigenvalue weighted by molar-refractivity contribution is 5.90. The highest BCUT2D eigenvalue weighted by Gasteiger charge is 2.11. The Morgan fingerprint density at radius 3 is 2.62 bits per heavy atom. The predicted octanol–water partition coefficient (Wildman–Crippen LogP) is 3.58. The van der Waals surface area contributed by atoms with E-state index in [4.69, 9.17) is 15.2 Å². The smallest absolute Gasteiger partial charge is 0.227 e. The number of nitrogens with one attached hydrogen (secondary N) is 1. The Morgan fingerprint density at radius 1 is 1.27 bits per heavy atom. The number of hydrogen-bond acceptors (Lipinski definition) is 5. The van der Waals surface area contributed by atoms with Gasteiger partial charge in [-0.05, 0) is 30.2 Å². The maximum atomic E-state index is 11.9. The summed E-state index contributed by atoms with van der Waals surface area (Å²) in [4.78, 5) is 16.1. The minimum atomic E-state index is -0.286. The van der Waals surface area contributed by atoms with Crippen molar-refractivity contribution in [2.45, 2.75) is 25.9 Å². The molecule has 2 rings (SSSR count). The Balaban J connectivity index is 0.00000312. The third kappa shape index (κ3) is 7.58. The van der Waals surface area contributed by atoms with Crippen molar-refractivity contribution >= 4 is 36.4 Å². The quantitative estimate of drug-likeness (QED) is 0.705. The van der Waals surface area contributed by atoms with Crippen LogP contribution in [0.15, 0.2) is 42.6 Å². The number of amides is 1. The van der Waals surface area contributed by atoms with E-state index in [0.717, 1.165) is 12.2 Å². The lowest BCUT2D eigenvalue weighted by molar-refractivity contribution is -0.118. The summed E-state index contributed by atoms with van der Waals surface area (Å²) in [5.74, 6) is 1.04. The van der Waals surface area contributed by atoms with Gasteiger partial charge in [-0.25, -0.2) is 4.98 Å². The zero-order chi connectivity index (χ0) is 17.4. The van der Waals surface area contributed by atoms with Gasteiger partial charge < -0.3 is 20.5 Å². The van der Waals surface area contributed by atoms with E-state index in [9.17, 15) is 4.79 Å². The Labute approximate surface area is 166 Å². The van der Waals surface area contributed by atoms with Crippen molar-refractivity contribution < 1.29 is 14.3 Å². The molecule has 3 N–H and O–H groups in total. The van der Waals surface area contributed by atoms with Crippen LogP contribution in [0.4, 0.5) is 5.69 Å². The molecule has 0 aliphatic heterocycles. The van der Waals surface area contributed by atoms with Crippen LogP contribution in [-0.2, 0) is 16.0 Å². The van der Waals surface area contributed by atoms with Crippen LogP contribution in [0.1, 0.15) is 18.9 Å². The second-order valence-electron chi connectivity index (χ2n) is 5.33. The molecule has 1 amide bonds. The first-order valence-electron chi connectivity index (χ1n) is 7.90. The van der Waals surface area contributed by atoms with Crippen molar-refractivity contribution in [1.29, 1.82) is 0 Å². The van der Waals surface area contributed by atoms with Crippen molar-refractivity contribution in [3.05, 3.63) is 48.2 Å². The summed E-state index contributed by atoms with van der Waals surface area (Å²) < 4.78 is 10.8. The van der Waals surface area contributed by atoms with Gasteiger partial charge in [-0.3, -0.25) is 4.79 Å². The fraction of sp³-hybridized carbons (Fsp3) is 0.333. The average molecular weight is 402 g/mol. The van der Waals surface area contributed by atoms with Crippen molar-refractivity contribution in [3.8, 4) is 11.6 Å². The van der Waals surface area contributed by atoms with Gasteiger partial charge in [-0.15, -0.1) is 24.8 Å². The normalized spacial score (nSPS) is 10.9. The maximum Gasteiger partial charge on any atom is 0.227 e. The minimum Gasteiger partial charge on any atom is -0.439 e. The highest BCUT2D eigenvalue weighted by atomic mass is 35.5. The molecular formula is C18H25Cl2N3O3. The summed E-state index contributed by atoms with van der Waals surface area (Å²) in [6.45, 7) is 2.39. The number of benzene rings is 1. The fourth-order valence-electron chi connectivity index (χ4n) is 2.15. The number of hydrogen-bond donors (Lipinski definition) is 2. The van der Waals surface area contributed by atoms with Gasteiger partial charge in [0, 0.05) is 19.7 Å². The Kier molecular flexibility index (Phi) is 11.6. The van der Waals surface area contributed by atoms with E-state index < -0.39 is 0 Å². The molecule has 1 aromatic heterocycles. The van der Waals surface area contributed by atoms with Gasteiger partial charge in [-0.1, -0.05) is 19.1 Å². The molecule has 2 aromatic rings. The number of methoxy groups -OCH3 is 1. The lowest BCUT2D eigenvalue weighted by atomic mass is 10.2. The molecule has 0 aliphatic rings. The number of carbonyl (C=O) groups excluding carboxylic acids is 1. The first-order valence-corrected chi connectivity index (χ1v) is 7.90. The number of rotatable bonds is 8. The standard InChI is InChI=1S/C18H23N3O3.2ClH/c1-3-13-5-4-6-15(9-13)24-18-8-7-14(12-20-18)21-17(22)10-16(11-19)23-2;;/h4-9,12,16H,3,10-11,19H2,1-2H3,(H,21,22);2*1H. The topological polar surface area (TPSA) is 86.5 Å². The molecule has 1 unspecified atom stereocenters. The van der Waals surface area contributed by atoms with Crippen LogP contribution in [0, 0.1) is 0 Å². The summed E-state index contributed by atoms with van der Waals surface area (Å²) in [5, 5.41) is 2.76. The molecule has 1 heterocycles. The number of carbonyl (C=O) groups is 1. The number of nitrogens with two attached hydrogens (primary N) is 1. The number of aryl methyl sites for hydroxylation is 1. The van der Waals surface area contributed by atoms with Crippen molar-refractivity contribution in [3.63, 3.8) is 0 Å². The zero-order valence-corrected chi connectivity index (χ0v) is 16.4. The minimum absolute atomic E-state index is 0. The van der Waals surface area contributed by atoms with Crippen LogP contribution in [0.25, 0.3) is 0 Å². The van der Waals surface area contributed by atoms with Gasteiger partial charge in [0.1, 0.15) is 5.75 Å². The molecule has 0 saturated heterocycles. The average Bonchev–Trinajstić information content (AvgIpc) is 2.61. The van der Waals surface area contributed by atoms with Gasteiger partial charge in [0.05, 0.1) is 24.4 Å². The van der Waals surface area contributed by atoms with Gasteiger partial charge in [0.15, 0.2) is 0 Å². The van der Waals surface area contributed by atoms with Crippen LogP contribution in [-0.4, -0.2) is 30.6 Å². The molecule has 0 saturated carbocycles. The SMILES string of the molecule is CCc1cccc(Oc2ccc(NC(=O)CC(CN)OC)cn2)c1.Cl.Cl. The molecule has 1 atom stereocenters. The Bertz CT molecular complexity index is 665. The summed E-state index contributed by atoms with van der Waals surface area (Å²) in [6, 6.07) is 11.3. The number of nitrogens with zero attached hydrogens (tertiary/aromatic N) is 1. The second kappa shape index (κ2) is 12.5. The van der Waals surface area contributed by atoms with E-state index in [1.54, 1.807) is 18.3 Å². The largest absolute Gasteiger partial charge is 0.439 e. The molecule has 0 spiro atoms. The Morgan fingerprint density at radius 2 is 2.04 bits per heavy atom. The van der Waals surface area contributed by atoms with E-state index in [1.165, 1.54) is 12.7 Å². The first-order chi connectivity index (χ1) is 11.6. The third-order valence-corrected chi connectivity index (χ3v) is 3.56. The lowest BCUT2D eigenvalue weighted by Gasteiger charge is -2.12. The maximum absolute atomic E-state index is 11.9. The van der Waals surface area contributed by atoms with Crippen molar-refractivity contribution in [2.24, 2.45) is 5.73 Å². The molecular weight excluding hydrogens is 377 g/mol. The van der Waals surface area contributed by atoms with Crippen LogP contribution >= 0.6 is 24.8 Å². The van der Waals surface area contributed by atoms with Crippen LogP contribution in [0.2, 0.25) is 0 Å². The molecule has 0 fully saturated rings. The van der Waals surface area contributed by atoms with Crippen LogP contribution < -0.4 is 15.8 Å². The highest BCUT2D eigenvalue weighted by Crippen LogP contribution is 2.21.